The van der Waals surface area contributed by atoms with Crippen molar-refractivity contribution < 1.29 is 4.79 Å². The number of amides is 1. The smallest absolute Gasteiger partial charge is 0.274 e. The molecule has 0 radical (unpaired) electrons. The Morgan fingerprint density at radius 1 is 1.44 bits per heavy atom. The molecular weight excluding hydrogens is 228 g/mol. The quantitative estimate of drug-likeness (QED) is 0.836. The van der Waals surface area contributed by atoms with E-state index in [1.165, 1.54) is 6.42 Å². The standard InChI is InChI=1S/C13H22N4O/c1-8-4-5-10(6-9(8)2)15-13(18)12-11(14)7-17(3)16-12/h7-10H,4-6,14H2,1-3H3,(H,15,18). The van der Waals surface area contributed by atoms with Crippen molar-refractivity contribution in [2.45, 2.75) is 39.2 Å². The Morgan fingerprint density at radius 2 is 2.17 bits per heavy atom. The van der Waals surface area contributed by atoms with Crippen LogP contribution in [0.3, 0.4) is 0 Å². The zero-order valence-electron chi connectivity index (χ0n) is 11.3. The van der Waals surface area contributed by atoms with E-state index < -0.39 is 0 Å². The first-order valence-corrected chi connectivity index (χ1v) is 6.57. The van der Waals surface area contributed by atoms with Crippen LogP contribution in [0.5, 0.6) is 0 Å². The third-order valence-corrected chi connectivity index (χ3v) is 4.01. The van der Waals surface area contributed by atoms with Gasteiger partial charge in [-0.3, -0.25) is 9.48 Å². The molecule has 100 valence electrons. The van der Waals surface area contributed by atoms with Gasteiger partial charge >= 0.3 is 0 Å². The molecule has 3 N–H and O–H groups in total. The maximum Gasteiger partial charge on any atom is 0.274 e. The van der Waals surface area contributed by atoms with Gasteiger partial charge < -0.3 is 11.1 Å². The first-order valence-electron chi connectivity index (χ1n) is 6.57. The molecule has 1 aliphatic carbocycles. The number of nitrogen functional groups attached to an aromatic ring is 1. The first-order chi connectivity index (χ1) is 8.47. The molecule has 0 aromatic carbocycles. The van der Waals surface area contributed by atoms with E-state index in [1.54, 1.807) is 17.9 Å². The lowest BCUT2D eigenvalue weighted by molar-refractivity contribution is 0.0905. The Hall–Kier alpha value is -1.52. The summed E-state index contributed by atoms with van der Waals surface area (Å²) in [5.74, 6) is 1.25. The zero-order chi connectivity index (χ0) is 13.3. The Bertz CT molecular complexity index is 440. The summed E-state index contributed by atoms with van der Waals surface area (Å²) in [4.78, 5) is 12.1. The van der Waals surface area contributed by atoms with Crippen molar-refractivity contribution in [2.24, 2.45) is 18.9 Å². The van der Waals surface area contributed by atoms with Crippen molar-refractivity contribution in [3.63, 3.8) is 0 Å². The summed E-state index contributed by atoms with van der Waals surface area (Å²) in [5.41, 5.74) is 6.53. The Labute approximate surface area is 108 Å². The SMILES string of the molecule is CC1CCC(NC(=O)c2nn(C)cc2N)CC1C. The highest BCUT2D eigenvalue weighted by molar-refractivity contribution is 5.97. The van der Waals surface area contributed by atoms with Gasteiger partial charge in [0, 0.05) is 19.3 Å². The molecule has 5 nitrogen and oxygen atoms in total. The van der Waals surface area contributed by atoms with Crippen LogP contribution in [-0.4, -0.2) is 21.7 Å². The maximum absolute atomic E-state index is 12.1. The summed E-state index contributed by atoms with van der Waals surface area (Å²) in [6, 6.07) is 0.255. The molecule has 3 atom stereocenters. The molecule has 1 aromatic rings. The van der Waals surface area contributed by atoms with Crippen LogP contribution in [0.2, 0.25) is 0 Å². The minimum Gasteiger partial charge on any atom is -0.396 e. The lowest BCUT2D eigenvalue weighted by atomic mass is 9.79. The van der Waals surface area contributed by atoms with Crippen molar-refractivity contribution in [3.05, 3.63) is 11.9 Å². The van der Waals surface area contributed by atoms with Crippen molar-refractivity contribution in [2.75, 3.05) is 5.73 Å². The van der Waals surface area contributed by atoms with Gasteiger partial charge in [-0.25, -0.2) is 0 Å². The van der Waals surface area contributed by atoms with Crippen LogP contribution in [0.25, 0.3) is 0 Å². The molecule has 3 unspecified atom stereocenters. The van der Waals surface area contributed by atoms with Crippen LogP contribution < -0.4 is 11.1 Å². The number of hydrogen-bond acceptors (Lipinski definition) is 3. The van der Waals surface area contributed by atoms with Gasteiger partial charge in [-0.05, 0) is 31.1 Å². The van der Waals surface area contributed by atoms with Crippen LogP contribution in [0.1, 0.15) is 43.6 Å². The van der Waals surface area contributed by atoms with E-state index in [0.717, 1.165) is 18.8 Å². The summed E-state index contributed by atoms with van der Waals surface area (Å²) in [7, 11) is 1.76. The molecule has 5 heteroatoms. The van der Waals surface area contributed by atoms with E-state index in [9.17, 15) is 4.79 Å². The fourth-order valence-electron chi connectivity index (χ4n) is 2.62. The average Bonchev–Trinajstić information content (AvgIpc) is 2.63. The lowest BCUT2D eigenvalue weighted by Gasteiger charge is -2.32. The second kappa shape index (κ2) is 5.00. The highest BCUT2D eigenvalue weighted by Crippen LogP contribution is 2.29. The molecule has 0 spiro atoms. The number of hydrogen-bond donors (Lipinski definition) is 2. The predicted molar refractivity (Wildman–Crippen MR) is 71.1 cm³/mol. The largest absolute Gasteiger partial charge is 0.396 e. The number of carbonyl (C=O) groups excluding carboxylic acids is 1. The first kappa shape index (κ1) is 12.9. The summed E-state index contributed by atoms with van der Waals surface area (Å²) in [6.07, 6.45) is 4.91. The average molecular weight is 250 g/mol. The zero-order valence-corrected chi connectivity index (χ0v) is 11.3. The molecule has 0 saturated heterocycles. The maximum atomic E-state index is 12.1. The Morgan fingerprint density at radius 3 is 2.72 bits per heavy atom. The van der Waals surface area contributed by atoms with E-state index in [1.807, 2.05) is 0 Å². The number of nitrogens with zero attached hydrogens (tertiary/aromatic N) is 2. The second-order valence-electron chi connectivity index (χ2n) is 5.54. The van der Waals surface area contributed by atoms with Gasteiger partial charge in [-0.2, -0.15) is 5.10 Å². The fraction of sp³-hybridized carbons (Fsp3) is 0.692. The predicted octanol–water partition coefficient (Wildman–Crippen LogP) is 1.56. The van der Waals surface area contributed by atoms with E-state index >= 15 is 0 Å². The second-order valence-corrected chi connectivity index (χ2v) is 5.54. The third kappa shape index (κ3) is 2.66. The fourth-order valence-corrected chi connectivity index (χ4v) is 2.62. The minimum atomic E-state index is -0.153. The molecule has 18 heavy (non-hydrogen) atoms. The van der Waals surface area contributed by atoms with E-state index in [2.05, 4.69) is 24.3 Å². The lowest BCUT2D eigenvalue weighted by Crippen LogP contribution is -2.40. The van der Waals surface area contributed by atoms with Gasteiger partial charge in [0.25, 0.3) is 5.91 Å². The minimum absolute atomic E-state index is 0.153. The van der Waals surface area contributed by atoms with Gasteiger partial charge in [0.1, 0.15) is 0 Å². The van der Waals surface area contributed by atoms with Crippen LogP contribution in [0, 0.1) is 11.8 Å². The van der Waals surface area contributed by atoms with E-state index in [-0.39, 0.29) is 11.9 Å². The molecule has 1 heterocycles. The summed E-state index contributed by atoms with van der Waals surface area (Å²) >= 11 is 0. The molecule has 2 rings (SSSR count). The summed E-state index contributed by atoms with van der Waals surface area (Å²) < 4.78 is 1.57. The van der Waals surface area contributed by atoms with Gasteiger partial charge in [0.15, 0.2) is 5.69 Å². The third-order valence-electron chi connectivity index (χ3n) is 4.01. The van der Waals surface area contributed by atoms with Crippen LogP contribution in [0.4, 0.5) is 5.69 Å². The van der Waals surface area contributed by atoms with Gasteiger partial charge in [-0.1, -0.05) is 13.8 Å². The number of nitrogens with two attached hydrogens (primary N) is 1. The molecule has 1 aliphatic rings. The highest BCUT2D eigenvalue weighted by atomic mass is 16.2. The molecule has 0 aliphatic heterocycles. The van der Waals surface area contributed by atoms with Crippen LogP contribution in [0.15, 0.2) is 6.20 Å². The Kier molecular flexibility index (Phi) is 3.59. The van der Waals surface area contributed by atoms with E-state index in [0.29, 0.717) is 17.3 Å². The van der Waals surface area contributed by atoms with Crippen molar-refractivity contribution >= 4 is 11.6 Å². The van der Waals surface area contributed by atoms with E-state index in [4.69, 9.17) is 5.73 Å². The molecule has 1 fully saturated rings. The molecule has 1 saturated carbocycles. The normalized spacial score (nSPS) is 28.1. The van der Waals surface area contributed by atoms with Gasteiger partial charge in [0.2, 0.25) is 0 Å². The monoisotopic (exact) mass is 250 g/mol. The van der Waals surface area contributed by atoms with Gasteiger partial charge in [0.05, 0.1) is 5.69 Å². The number of rotatable bonds is 2. The van der Waals surface area contributed by atoms with Crippen molar-refractivity contribution in [1.29, 1.82) is 0 Å². The number of carbonyl (C=O) groups is 1. The molecular formula is C13H22N4O. The number of nitrogens with one attached hydrogen (secondary N) is 1. The topological polar surface area (TPSA) is 72.9 Å². The van der Waals surface area contributed by atoms with Gasteiger partial charge in [-0.15, -0.1) is 0 Å². The Balaban J connectivity index is 1.98. The van der Waals surface area contributed by atoms with Crippen molar-refractivity contribution in [1.82, 2.24) is 15.1 Å². The number of aryl methyl sites for hydroxylation is 1. The molecule has 1 aromatic heterocycles. The molecule has 0 bridgehead atoms. The van der Waals surface area contributed by atoms with Crippen LogP contribution in [-0.2, 0) is 7.05 Å². The number of aromatic nitrogens is 2. The highest BCUT2D eigenvalue weighted by Gasteiger charge is 2.26. The molecule has 1 amide bonds. The van der Waals surface area contributed by atoms with Crippen LogP contribution >= 0.6 is 0 Å². The summed E-state index contributed by atoms with van der Waals surface area (Å²) in [6.45, 7) is 4.53. The number of anilines is 1. The van der Waals surface area contributed by atoms with Crippen molar-refractivity contribution in [3.8, 4) is 0 Å². The summed E-state index contributed by atoms with van der Waals surface area (Å²) in [5, 5.41) is 7.13.